The lowest BCUT2D eigenvalue weighted by atomic mass is 10.2. The van der Waals surface area contributed by atoms with Crippen molar-refractivity contribution in [1.29, 1.82) is 0 Å². The highest BCUT2D eigenvalue weighted by Crippen LogP contribution is 2.02. The number of carbonyl (C=O) groups is 1. The number of rotatable bonds is 7. The molecule has 1 amide bonds. The van der Waals surface area contributed by atoms with Gasteiger partial charge in [-0.05, 0) is 19.8 Å². The largest absolute Gasteiger partial charge is 0.396 e. The van der Waals surface area contributed by atoms with Crippen LogP contribution in [0.2, 0.25) is 0 Å². The Morgan fingerprint density at radius 1 is 1.36 bits per heavy atom. The van der Waals surface area contributed by atoms with Gasteiger partial charge in [-0.3, -0.25) is 4.79 Å². The van der Waals surface area contributed by atoms with Gasteiger partial charge in [-0.2, -0.15) is 0 Å². The molecule has 0 aliphatic carbocycles. The minimum absolute atomic E-state index is 0.00639. The fraction of sp³-hybridized carbons (Fsp3) is 0.727. The molecule has 0 heterocycles. The molecular formula is C11H21NO2. The Balaban J connectivity index is 4.08. The van der Waals surface area contributed by atoms with Gasteiger partial charge in [0.05, 0.1) is 0 Å². The molecule has 0 saturated carbocycles. The van der Waals surface area contributed by atoms with Crippen molar-refractivity contribution < 1.29 is 9.90 Å². The van der Waals surface area contributed by atoms with Crippen LogP contribution in [0.4, 0.5) is 0 Å². The van der Waals surface area contributed by atoms with Crippen LogP contribution >= 0.6 is 0 Å². The minimum atomic E-state index is 0.00639. The van der Waals surface area contributed by atoms with Crippen LogP contribution in [0.1, 0.15) is 33.1 Å². The van der Waals surface area contributed by atoms with Crippen molar-refractivity contribution in [3.05, 3.63) is 12.2 Å². The smallest absolute Gasteiger partial charge is 0.248 e. The summed E-state index contributed by atoms with van der Waals surface area (Å²) in [5.41, 5.74) is 0.569. The van der Waals surface area contributed by atoms with Crippen molar-refractivity contribution in [2.24, 2.45) is 0 Å². The lowest BCUT2D eigenvalue weighted by Gasteiger charge is -2.22. The quantitative estimate of drug-likeness (QED) is 0.632. The molecule has 0 aromatic heterocycles. The summed E-state index contributed by atoms with van der Waals surface area (Å²) in [6.45, 7) is 8.98. The average Bonchev–Trinajstić information content (AvgIpc) is 2.17. The second kappa shape index (κ2) is 7.56. The first kappa shape index (κ1) is 13.2. The number of amides is 1. The molecule has 0 aliphatic heterocycles. The average molecular weight is 199 g/mol. The molecule has 0 radical (unpaired) electrons. The standard InChI is InChI=1S/C11H21NO2/c1-4-5-7-12(8-6-9-13)11(14)10(2)3/h13H,2,4-9H2,1,3H3. The van der Waals surface area contributed by atoms with Gasteiger partial charge in [0.25, 0.3) is 0 Å². The van der Waals surface area contributed by atoms with Crippen LogP contribution in [0.15, 0.2) is 12.2 Å². The molecule has 1 N–H and O–H groups in total. The number of hydrogen-bond acceptors (Lipinski definition) is 2. The second-order valence-electron chi connectivity index (χ2n) is 3.50. The van der Waals surface area contributed by atoms with Gasteiger partial charge in [0.2, 0.25) is 5.91 Å². The van der Waals surface area contributed by atoms with E-state index in [9.17, 15) is 4.79 Å². The van der Waals surface area contributed by atoms with Crippen LogP contribution in [0.5, 0.6) is 0 Å². The van der Waals surface area contributed by atoms with Crippen LogP contribution in [0.25, 0.3) is 0 Å². The van der Waals surface area contributed by atoms with Crippen molar-refractivity contribution in [2.75, 3.05) is 19.7 Å². The minimum Gasteiger partial charge on any atom is -0.396 e. The lowest BCUT2D eigenvalue weighted by Crippen LogP contribution is -2.33. The molecule has 0 aromatic rings. The van der Waals surface area contributed by atoms with Crippen molar-refractivity contribution >= 4 is 5.91 Å². The summed E-state index contributed by atoms with van der Waals surface area (Å²) >= 11 is 0. The predicted molar refractivity (Wildman–Crippen MR) is 58.0 cm³/mol. The molecule has 0 aliphatic rings. The van der Waals surface area contributed by atoms with Crippen LogP contribution in [0.3, 0.4) is 0 Å². The van der Waals surface area contributed by atoms with E-state index >= 15 is 0 Å². The highest BCUT2D eigenvalue weighted by Gasteiger charge is 2.12. The molecule has 0 saturated heterocycles. The maximum absolute atomic E-state index is 11.6. The number of aliphatic hydroxyl groups excluding tert-OH is 1. The number of aliphatic hydroxyl groups is 1. The van der Waals surface area contributed by atoms with Gasteiger partial charge >= 0.3 is 0 Å². The summed E-state index contributed by atoms with van der Waals surface area (Å²) in [6.07, 6.45) is 2.71. The first-order valence-corrected chi connectivity index (χ1v) is 5.19. The van der Waals surface area contributed by atoms with Gasteiger partial charge in [0.1, 0.15) is 0 Å². The Bertz CT molecular complexity index is 182. The van der Waals surface area contributed by atoms with Crippen LogP contribution in [-0.2, 0) is 4.79 Å². The fourth-order valence-electron chi connectivity index (χ4n) is 1.20. The molecule has 0 bridgehead atoms. The van der Waals surface area contributed by atoms with Gasteiger partial charge in [0, 0.05) is 25.3 Å². The summed E-state index contributed by atoms with van der Waals surface area (Å²) < 4.78 is 0. The third kappa shape index (κ3) is 5.02. The molecule has 0 atom stereocenters. The van der Waals surface area contributed by atoms with E-state index in [1.165, 1.54) is 0 Å². The van der Waals surface area contributed by atoms with Crippen LogP contribution < -0.4 is 0 Å². The Hall–Kier alpha value is -0.830. The molecule has 0 rings (SSSR count). The van der Waals surface area contributed by atoms with Gasteiger partial charge < -0.3 is 10.0 Å². The lowest BCUT2D eigenvalue weighted by molar-refractivity contribution is -0.127. The summed E-state index contributed by atoms with van der Waals surface area (Å²) in [7, 11) is 0. The Labute approximate surface area is 86.4 Å². The molecule has 0 fully saturated rings. The van der Waals surface area contributed by atoms with Crippen LogP contribution in [-0.4, -0.2) is 35.6 Å². The van der Waals surface area contributed by atoms with Gasteiger partial charge in [-0.25, -0.2) is 0 Å². The SMILES string of the molecule is C=C(C)C(=O)N(CCCC)CCCO. The summed E-state index contributed by atoms with van der Waals surface area (Å²) in [4.78, 5) is 13.4. The normalized spacial score (nSPS) is 9.93. The Morgan fingerprint density at radius 2 is 1.93 bits per heavy atom. The van der Waals surface area contributed by atoms with E-state index in [2.05, 4.69) is 13.5 Å². The summed E-state index contributed by atoms with van der Waals surface area (Å²) in [5.74, 6) is 0.00639. The maximum atomic E-state index is 11.6. The van der Waals surface area contributed by atoms with Gasteiger partial charge in [0.15, 0.2) is 0 Å². The first-order valence-electron chi connectivity index (χ1n) is 5.19. The molecule has 14 heavy (non-hydrogen) atoms. The molecule has 82 valence electrons. The molecule has 0 aromatic carbocycles. The monoisotopic (exact) mass is 199 g/mol. The third-order valence-electron chi connectivity index (χ3n) is 2.02. The molecule has 0 spiro atoms. The zero-order chi connectivity index (χ0) is 11.0. The first-order chi connectivity index (χ1) is 6.63. The zero-order valence-electron chi connectivity index (χ0n) is 9.25. The van der Waals surface area contributed by atoms with E-state index in [1.54, 1.807) is 11.8 Å². The second-order valence-corrected chi connectivity index (χ2v) is 3.50. The topological polar surface area (TPSA) is 40.5 Å². The molecule has 0 unspecified atom stereocenters. The zero-order valence-corrected chi connectivity index (χ0v) is 9.25. The van der Waals surface area contributed by atoms with E-state index < -0.39 is 0 Å². The number of nitrogens with zero attached hydrogens (tertiary/aromatic N) is 1. The van der Waals surface area contributed by atoms with E-state index in [-0.39, 0.29) is 12.5 Å². The summed E-state index contributed by atoms with van der Waals surface area (Å²) in [6, 6.07) is 0. The highest BCUT2D eigenvalue weighted by atomic mass is 16.3. The third-order valence-corrected chi connectivity index (χ3v) is 2.02. The number of carbonyl (C=O) groups excluding carboxylic acids is 1. The van der Waals surface area contributed by atoms with E-state index in [0.717, 1.165) is 19.4 Å². The van der Waals surface area contributed by atoms with Crippen molar-refractivity contribution in [2.45, 2.75) is 33.1 Å². The van der Waals surface area contributed by atoms with Crippen LogP contribution in [0, 0.1) is 0 Å². The van der Waals surface area contributed by atoms with E-state index in [1.807, 2.05) is 0 Å². The number of unbranched alkanes of at least 4 members (excludes halogenated alkanes) is 1. The van der Waals surface area contributed by atoms with Crippen molar-refractivity contribution in [1.82, 2.24) is 4.90 Å². The molecule has 3 heteroatoms. The fourth-order valence-corrected chi connectivity index (χ4v) is 1.20. The highest BCUT2D eigenvalue weighted by molar-refractivity contribution is 5.92. The number of hydrogen-bond donors (Lipinski definition) is 1. The Morgan fingerprint density at radius 3 is 2.36 bits per heavy atom. The van der Waals surface area contributed by atoms with E-state index in [0.29, 0.717) is 18.5 Å². The van der Waals surface area contributed by atoms with E-state index in [4.69, 9.17) is 5.11 Å². The maximum Gasteiger partial charge on any atom is 0.248 e. The van der Waals surface area contributed by atoms with Crippen molar-refractivity contribution in [3.8, 4) is 0 Å². The van der Waals surface area contributed by atoms with Gasteiger partial charge in [-0.15, -0.1) is 0 Å². The predicted octanol–water partition coefficient (Wildman–Crippen LogP) is 1.57. The summed E-state index contributed by atoms with van der Waals surface area (Å²) in [5, 5.41) is 8.70. The Kier molecular flexibility index (Phi) is 7.11. The molecular weight excluding hydrogens is 178 g/mol. The van der Waals surface area contributed by atoms with Gasteiger partial charge in [-0.1, -0.05) is 19.9 Å². The molecule has 3 nitrogen and oxygen atoms in total. The van der Waals surface area contributed by atoms with Crippen molar-refractivity contribution in [3.63, 3.8) is 0 Å².